The Morgan fingerprint density at radius 3 is 1.32 bits per heavy atom. The molecule has 1 atom stereocenters. The summed E-state index contributed by atoms with van der Waals surface area (Å²) in [6.45, 7) is 16.7. The Bertz CT molecular complexity index is 585. The van der Waals surface area contributed by atoms with Gasteiger partial charge in [0, 0.05) is 19.8 Å². The fourth-order valence-electron chi connectivity index (χ4n) is 3.29. The molecule has 0 amide bonds. The van der Waals surface area contributed by atoms with Crippen molar-refractivity contribution in [3.63, 3.8) is 0 Å². The molecule has 0 radical (unpaired) electrons. The Morgan fingerprint density at radius 2 is 1.04 bits per heavy atom. The molecule has 0 unspecified atom stereocenters. The molecular formula is C22H33NP2. The van der Waals surface area contributed by atoms with Crippen LogP contribution in [-0.4, -0.2) is 21.9 Å². The standard InChI is InChI=1S/C22H33NP2/c1-18(2)23(19(3)4)25(22(5,6)7)24(20-14-10-8-11-15-20)21-16-12-9-13-17-21/h8-19H,1-7H3/t25-/m1/s1. The molecular weight excluding hydrogens is 340 g/mol. The van der Waals surface area contributed by atoms with Crippen LogP contribution in [0.5, 0.6) is 0 Å². The van der Waals surface area contributed by atoms with E-state index >= 15 is 0 Å². The zero-order valence-electron chi connectivity index (χ0n) is 16.8. The molecule has 0 saturated heterocycles. The minimum Gasteiger partial charge on any atom is -0.273 e. The smallest absolute Gasteiger partial charge is 0.00836 e. The van der Waals surface area contributed by atoms with E-state index in [1.165, 1.54) is 10.6 Å². The van der Waals surface area contributed by atoms with Gasteiger partial charge in [0.05, 0.1) is 0 Å². The third-order valence-electron chi connectivity index (χ3n) is 4.07. The van der Waals surface area contributed by atoms with Gasteiger partial charge in [-0.2, -0.15) is 0 Å². The maximum atomic E-state index is 2.79. The molecule has 2 aromatic carbocycles. The van der Waals surface area contributed by atoms with E-state index in [4.69, 9.17) is 0 Å². The summed E-state index contributed by atoms with van der Waals surface area (Å²) in [5.41, 5.74) is 0. The van der Waals surface area contributed by atoms with E-state index in [0.29, 0.717) is 12.1 Å². The van der Waals surface area contributed by atoms with E-state index in [2.05, 4.69) is 114 Å². The summed E-state index contributed by atoms with van der Waals surface area (Å²) in [6, 6.07) is 23.4. The maximum Gasteiger partial charge on any atom is 0.00836 e. The topological polar surface area (TPSA) is 3.24 Å². The highest BCUT2D eigenvalue weighted by atomic mass is 32.1. The minimum atomic E-state index is -0.416. The lowest BCUT2D eigenvalue weighted by Gasteiger charge is -2.49. The van der Waals surface area contributed by atoms with Gasteiger partial charge in [-0.3, -0.25) is 4.67 Å². The van der Waals surface area contributed by atoms with E-state index in [1.54, 1.807) is 0 Å². The Labute approximate surface area is 157 Å². The number of nitrogens with zero attached hydrogens (tertiary/aromatic N) is 1. The molecule has 0 fully saturated rings. The van der Waals surface area contributed by atoms with Crippen LogP contribution in [0.25, 0.3) is 0 Å². The number of benzene rings is 2. The van der Waals surface area contributed by atoms with Crippen molar-refractivity contribution in [2.75, 3.05) is 0 Å². The molecule has 3 heteroatoms. The van der Waals surface area contributed by atoms with Crippen LogP contribution in [0.2, 0.25) is 0 Å². The first-order valence-electron chi connectivity index (χ1n) is 9.22. The summed E-state index contributed by atoms with van der Waals surface area (Å²) in [4.78, 5) is 0. The quantitative estimate of drug-likeness (QED) is 0.533. The second-order valence-electron chi connectivity index (χ2n) is 8.01. The van der Waals surface area contributed by atoms with Gasteiger partial charge in [-0.05, 0) is 51.1 Å². The van der Waals surface area contributed by atoms with Crippen LogP contribution >= 0.6 is 15.4 Å². The third kappa shape index (κ3) is 5.13. The van der Waals surface area contributed by atoms with Gasteiger partial charge < -0.3 is 0 Å². The van der Waals surface area contributed by atoms with Crippen LogP contribution in [-0.2, 0) is 0 Å². The molecule has 0 saturated carbocycles. The Kier molecular flexibility index (Phi) is 7.21. The summed E-state index contributed by atoms with van der Waals surface area (Å²) < 4.78 is 2.79. The minimum absolute atomic E-state index is 0.251. The first kappa shape index (κ1) is 20.6. The molecule has 25 heavy (non-hydrogen) atoms. The third-order valence-corrected chi connectivity index (χ3v) is 13.5. The van der Waals surface area contributed by atoms with E-state index in [0.717, 1.165) is 0 Å². The van der Waals surface area contributed by atoms with Crippen LogP contribution in [0.4, 0.5) is 0 Å². The lowest BCUT2D eigenvalue weighted by Crippen LogP contribution is -2.38. The summed E-state index contributed by atoms with van der Waals surface area (Å²) in [5, 5.41) is 3.24. The van der Waals surface area contributed by atoms with Crippen LogP contribution < -0.4 is 10.6 Å². The zero-order valence-corrected chi connectivity index (χ0v) is 18.6. The highest BCUT2D eigenvalue weighted by Crippen LogP contribution is 2.76. The molecule has 2 aromatic rings. The normalized spacial score (nSPS) is 13.9. The van der Waals surface area contributed by atoms with Gasteiger partial charge in [0.25, 0.3) is 0 Å². The molecule has 0 aliphatic carbocycles. The zero-order chi connectivity index (χ0) is 18.6. The van der Waals surface area contributed by atoms with Crippen LogP contribution in [0, 0.1) is 0 Å². The predicted molar refractivity (Wildman–Crippen MR) is 118 cm³/mol. The maximum absolute atomic E-state index is 2.79. The largest absolute Gasteiger partial charge is 0.273 e. The molecule has 0 aliphatic heterocycles. The Balaban J connectivity index is 2.66. The fourth-order valence-corrected chi connectivity index (χ4v) is 13.1. The van der Waals surface area contributed by atoms with Crippen LogP contribution in [0.15, 0.2) is 60.7 Å². The van der Waals surface area contributed by atoms with Gasteiger partial charge in [0.2, 0.25) is 0 Å². The summed E-state index contributed by atoms with van der Waals surface area (Å²) in [5.74, 6) is 0. The van der Waals surface area contributed by atoms with E-state index in [1.807, 2.05) is 0 Å². The van der Waals surface area contributed by atoms with Gasteiger partial charge >= 0.3 is 0 Å². The van der Waals surface area contributed by atoms with Gasteiger partial charge in [-0.25, -0.2) is 0 Å². The van der Waals surface area contributed by atoms with Gasteiger partial charge in [-0.15, -0.1) is 0 Å². The second kappa shape index (κ2) is 8.77. The lowest BCUT2D eigenvalue weighted by molar-refractivity contribution is 0.320. The lowest BCUT2D eigenvalue weighted by atomic mass is 10.3. The van der Waals surface area contributed by atoms with E-state index in [-0.39, 0.29) is 12.9 Å². The Hall–Kier alpha value is -0.740. The highest BCUT2D eigenvalue weighted by molar-refractivity contribution is 8.35. The van der Waals surface area contributed by atoms with Crippen molar-refractivity contribution in [2.45, 2.75) is 65.7 Å². The van der Waals surface area contributed by atoms with Gasteiger partial charge in [0.1, 0.15) is 0 Å². The summed E-state index contributed by atoms with van der Waals surface area (Å²) in [7, 11) is -0.778. The molecule has 136 valence electrons. The Morgan fingerprint density at radius 1 is 0.680 bits per heavy atom. The first-order chi connectivity index (χ1) is 11.7. The number of rotatable bonds is 6. The summed E-state index contributed by atoms with van der Waals surface area (Å²) in [6.07, 6.45) is 0. The molecule has 2 rings (SSSR count). The molecule has 0 bridgehead atoms. The van der Waals surface area contributed by atoms with Gasteiger partial charge in [0.15, 0.2) is 0 Å². The second-order valence-corrected chi connectivity index (χ2v) is 14.4. The summed E-state index contributed by atoms with van der Waals surface area (Å²) >= 11 is 0. The van der Waals surface area contributed by atoms with Crippen molar-refractivity contribution in [2.24, 2.45) is 0 Å². The van der Waals surface area contributed by atoms with Crippen molar-refractivity contribution in [1.82, 2.24) is 4.67 Å². The number of hydrogen-bond donors (Lipinski definition) is 0. The molecule has 0 N–H and O–H groups in total. The molecule has 0 spiro atoms. The van der Waals surface area contributed by atoms with E-state index in [9.17, 15) is 0 Å². The van der Waals surface area contributed by atoms with Crippen molar-refractivity contribution in [3.05, 3.63) is 60.7 Å². The first-order valence-corrected chi connectivity index (χ1v) is 12.6. The van der Waals surface area contributed by atoms with E-state index < -0.39 is 7.61 Å². The average molecular weight is 373 g/mol. The van der Waals surface area contributed by atoms with Crippen molar-refractivity contribution in [3.8, 4) is 0 Å². The van der Waals surface area contributed by atoms with Crippen LogP contribution in [0.1, 0.15) is 48.5 Å². The van der Waals surface area contributed by atoms with Gasteiger partial charge in [-0.1, -0.05) is 81.4 Å². The highest BCUT2D eigenvalue weighted by Gasteiger charge is 2.40. The van der Waals surface area contributed by atoms with Crippen molar-refractivity contribution < 1.29 is 0 Å². The molecule has 0 aromatic heterocycles. The molecule has 0 aliphatic rings. The molecule has 0 heterocycles. The predicted octanol–water partition coefficient (Wildman–Crippen LogP) is 6.35. The van der Waals surface area contributed by atoms with Crippen molar-refractivity contribution >= 4 is 26.0 Å². The van der Waals surface area contributed by atoms with Crippen LogP contribution in [0.3, 0.4) is 0 Å². The average Bonchev–Trinajstić information content (AvgIpc) is 2.54. The fraction of sp³-hybridized carbons (Fsp3) is 0.455. The monoisotopic (exact) mass is 373 g/mol. The number of hydrogen-bond acceptors (Lipinski definition) is 1. The van der Waals surface area contributed by atoms with Crippen molar-refractivity contribution in [1.29, 1.82) is 0 Å². The SMILES string of the molecule is CC(C)N(C(C)C)[P@](P(c1ccccc1)c1ccccc1)C(C)(C)C. The molecule has 1 nitrogen and oxygen atoms in total.